The van der Waals surface area contributed by atoms with Gasteiger partial charge in [0, 0.05) is 0 Å². The lowest BCUT2D eigenvalue weighted by atomic mass is 10.2. The molecule has 46 valence electrons. The number of rotatable bonds is 2. The van der Waals surface area contributed by atoms with E-state index in [0.717, 1.165) is 0 Å². The van der Waals surface area contributed by atoms with Gasteiger partial charge in [0.05, 0.1) is 0 Å². The molecule has 1 atom stereocenters. The van der Waals surface area contributed by atoms with Crippen LogP contribution in [0.25, 0.3) is 0 Å². The largest absolute Gasteiger partial charge is 0.369 e. The molecule has 0 aromatic heterocycles. The van der Waals surface area contributed by atoms with Crippen molar-refractivity contribution in [3.8, 4) is 0 Å². The number of nitrogens with two attached hydrogens (primary N) is 1. The summed E-state index contributed by atoms with van der Waals surface area (Å²) in [4.78, 5) is 20.3. The van der Waals surface area contributed by atoms with Crippen LogP contribution in [0, 0.1) is 5.92 Å². The first-order chi connectivity index (χ1) is 3.55. The van der Waals surface area contributed by atoms with E-state index in [1.54, 1.807) is 0 Å². The number of hydrogen-bond donors (Lipinski definition) is 2. The summed E-state index contributed by atoms with van der Waals surface area (Å²) >= 11 is 0. The molecule has 2 amide bonds. The molecule has 0 radical (unpaired) electrons. The fourth-order valence-electron chi connectivity index (χ4n) is 0.159. The lowest BCUT2D eigenvalue weighted by Crippen LogP contribution is -2.61. The molecule has 0 saturated carbocycles. The van der Waals surface area contributed by atoms with Gasteiger partial charge in [0.1, 0.15) is 5.92 Å². The quantitative estimate of drug-likeness (QED) is 0.405. The van der Waals surface area contributed by atoms with Gasteiger partial charge in [-0.25, -0.2) is 4.79 Å². The fraction of sp³-hybridized carbons (Fsp3) is 0.500. The van der Waals surface area contributed by atoms with Crippen molar-refractivity contribution in [1.29, 1.82) is 0 Å². The monoisotopic (exact) mass is 117 g/mol. The van der Waals surface area contributed by atoms with Gasteiger partial charge in [0.25, 0.3) is 0 Å². The van der Waals surface area contributed by atoms with E-state index in [0.29, 0.717) is 0 Å². The first-order valence-corrected chi connectivity index (χ1v) is 2.21. The van der Waals surface area contributed by atoms with Crippen molar-refractivity contribution < 1.29 is 15.3 Å². The van der Waals surface area contributed by atoms with Crippen molar-refractivity contribution in [2.75, 3.05) is 0 Å². The number of amides is 2. The van der Waals surface area contributed by atoms with Crippen molar-refractivity contribution in [1.82, 2.24) is 0 Å². The summed E-state index contributed by atoms with van der Waals surface area (Å²) in [7, 11) is 0. The van der Waals surface area contributed by atoms with Crippen LogP contribution in [0.5, 0.6) is 0 Å². The molecule has 0 fully saturated rings. The van der Waals surface area contributed by atoms with Crippen LogP contribution in [0.1, 0.15) is 6.92 Å². The lowest BCUT2D eigenvalue weighted by Gasteiger charge is -1.93. The summed E-state index contributed by atoms with van der Waals surface area (Å²) in [5, 5.41) is 0. The average Bonchev–Trinajstić information content (AvgIpc) is 1.64. The van der Waals surface area contributed by atoms with E-state index in [2.05, 4.69) is 5.73 Å². The number of hydrogen-bond acceptors (Lipinski definition) is 2. The Bertz CT molecular complexity index is 107. The van der Waals surface area contributed by atoms with E-state index < -0.39 is 17.7 Å². The summed E-state index contributed by atoms with van der Waals surface area (Å²) in [6.45, 7) is 1.43. The first-order valence-electron chi connectivity index (χ1n) is 2.21. The predicted molar refractivity (Wildman–Crippen MR) is 26.3 cm³/mol. The maximum absolute atomic E-state index is 10.2. The van der Waals surface area contributed by atoms with E-state index in [1.165, 1.54) is 6.92 Å². The number of primary amides is 1. The van der Waals surface area contributed by atoms with Gasteiger partial charge >= 0.3 is 5.91 Å². The normalized spacial score (nSPS) is 12.8. The molecule has 4 nitrogen and oxygen atoms in total. The van der Waals surface area contributed by atoms with E-state index in [4.69, 9.17) is 5.73 Å². The zero-order valence-electron chi connectivity index (χ0n) is 4.68. The van der Waals surface area contributed by atoms with Gasteiger partial charge < -0.3 is 5.73 Å². The molecule has 0 aliphatic carbocycles. The smallest absolute Gasteiger partial charge is 0.321 e. The average molecular weight is 117 g/mol. The Morgan fingerprint density at radius 2 is 2.00 bits per heavy atom. The summed E-state index contributed by atoms with van der Waals surface area (Å²) in [5.74, 6) is -1.79. The molecule has 0 heterocycles. The third-order valence-electron chi connectivity index (χ3n) is 0.910. The zero-order valence-corrected chi connectivity index (χ0v) is 4.68. The summed E-state index contributed by atoms with van der Waals surface area (Å²) in [5.41, 5.74) is 7.76. The Labute approximate surface area is 46.8 Å². The maximum Gasteiger partial charge on any atom is 0.321 e. The van der Waals surface area contributed by atoms with Crippen LogP contribution < -0.4 is 11.5 Å². The van der Waals surface area contributed by atoms with Gasteiger partial charge in [-0.15, -0.1) is 0 Å². The van der Waals surface area contributed by atoms with Crippen molar-refractivity contribution in [3.05, 3.63) is 0 Å². The minimum absolute atomic E-state index is 0.433. The second-order valence-corrected chi connectivity index (χ2v) is 1.59. The molecule has 0 aliphatic heterocycles. The van der Waals surface area contributed by atoms with Crippen molar-refractivity contribution in [3.63, 3.8) is 0 Å². The summed E-state index contributed by atoms with van der Waals surface area (Å²) in [6.07, 6.45) is 0. The van der Waals surface area contributed by atoms with Crippen LogP contribution in [0.3, 0.4) is 0 Å². The van der Waals surface area contributed by atoms with Crippen LogP contribution >= 0.6 is 0 Å². The minimum Gasteiger partial charge on any atom is -0.369 e. The Kier molecular flexibility index (Phi) is 2.15. The van der Waals surface area contributed by atoms with E-state index in [1.807, 2.05) is 0 Å². The van der Waals surface area contributed by atoms with Crippen LogP contribution in [0.4, 0.5) is 0 Å². The summed E-state index contributed by atoms with van der Waals surface area (Å²) in [6, 6.07) is 0. The topological polar surface area (TPSA) is 87.8 Å². The Balaban J connectivity index is 3.83. The third-order valence-corrected chi connectivity index (χ3v) is 0.910. The molecule has 0 aromatic carbocycles. The molecule has 1 unspecified atom stereocenters. The predicted octanol–water partition coefficient (Wildman–Crippen LogP) is -2.12. The first kappa shape index (κ1) is 7.10. The third kappa shape index (κ3) is 1.70. The Hall–Kier alpha value is -0.900. The SMILES string of the molecule is CC(C(N)=O)C([NH3+])=O. The van der Waals surface area contributed by atoms with Gasteiger partial charge in [0.15, 0.2) is 0 Å². The van der Waals surface area contributed by atoms with Crippen LogP contribution in [0.2, 0.25) is 0 Å². The molecule has 0 bridgehead atoms. The van der Waals surface area contributed by atoms with Gasteiger partial charge in [-0.1, -0.05) is 0 Å². The minimum atomic E-state index is -0.741. The number of quaternary nitrogens is 1. The highest BCUT2D eigenvalue weighted by Gasteiger charge is 2.17. The second kappa shape index (κ2) is 2.42. The highest BCUT2D eigenvalue weighted by molar-refractivity contribution is 5.94. The van der Waals surface area contributed by atoms with Gasteiger partial charge in [-0.05, 0) is 6.92 Å². The van der Waals surface area contributed by atoms with E-state index in [-0.39, 0.29) is 0 Å². The highest BCUT2D eigenvalue weighted by Crippen LogP contribution is 1.86. The van der Waals surface area contributed by atoms with Crippen molar-refractivity contribution in [2.24, 2.45) is 11.7 Å². The van der Waals surface area contributed by atoms with Crippen LogP contribution in [-0.4, -0.2) is 11.8 Å². The van der Waals surface area contributed by atoms with Gasteiger partial charge in [-0.2, -0.15) is 0 Å². The van der Waals surface area contributed by atoms with E-state index >= 15 is 0 Å². The molecule has 0 aromatic rings. The Morgan fingerprint density at radius 1 is 1.62 bits per heavy atom. The molecular weight excluding hydrogens is 108 g/mol. The van der Waals surface area contributed by atoms with Crippen molar-refractivity contribution in [2.45, 2.75) is 6.92 Å². The standard InChI is InChI=1S/C4H8N2O2/c1-2(3(5)7)4(6)8/h2H,1H3,(H2,5,7)(H2,6,8)/p+1. The molecule has 5 N–H and O–H groups in total. The molecular formula is C4H9N2O2+. The van der Waals surface area contributed by atoms with Crippen LogP contribution in [-0.2, 0) is 9.59 Å². The zero-order chi connectivity index (χ0) is 6.73. The molecule has 0 aliphatic rings. The maximum atomic E-state index is 10.2. The molecule has 0 rings (SSSR count). The van der Waals surface area contributed by atoms with Gasteiger partial charge in [0.2, 0.25) is 5.91 Å². The van der Waals surface area contributed by atoms with Crippen LogP contribution in [0.15, 0.2) is 0 Å². The Morgan fingerprint density at radius 3 is 2.00 bits per heavy atom. The summed E-state index contributed by atoms with van der Waals surface area (Å²) < 4.78 is 0. The van der Waals surface area contributed by atoms with Crippen molar-refractivity contribution >= 4 is 11.8 Å². The second-order valence-electron chi connectivity index (χ2n) is 1.59. The number of carbonyl (C=O) groups is 2. The van der Waals surface area contributed by atoms with E-state index in [9.17, 15) is 9.59 Å². The highest BCUT2D eigenvalue weighted by atomic mass is 16.2. The molecule has 4 heteroatoms. The molecule has 0 saturated heterocycles. The van der Waals surface area contributed by atoms with Gasteiger partial charge in [-0.3, -0.25) is 10.5 Å². The molecule has 8 heavy (non-hydrogen) atoms. The fourth-order valence-corrected chi connectivity index (χ4v) is 0.159. The molecule has 0 spiro atoms. The lowest BCUT2D eigenvalue weighted by molar-refractivity contribution is -0.309. The number of carbonyl (C=O) groups excluding carboxylic acids is 2.